The van der Waals surface area contributed by atoms with Gasteiger partial charge >= 0.3 is 0 Å². The van der Waals surface area contributed by atoms with Crippen LogP contribution < -0.4 is 0 Å². The van der Waals surface area contributed by atoms with Gasteiger partial charge < -0.3 is 0 Å². The molecule has 0 rings (SSSR count). The zero-order valence-corrected chi connectivity index (χ0v) is 6.28. The van der Waals surface area contributed by atoms with Crippen molar-refractivity contribution in [2.75, 3.05) is 0 Å². The Balaban J connectivity index is 0. The molecule has 0 aliphatic rings. The summed E-state index contributed by atoms with van der Waals surface area (Å²) in [5.41, 5.74) is 0. The SMILES string of the molecule is [CH2-]/C=C/C.[Y]. The minimum Gasteiger partial charge on any atom is -0.245 e. The summed E-state index contributed by atoms with van der Waals surface area (Å²) in [6.45, 7) is 5.36. The van der Waals surface area contributed by atoms with Gasteiger partial charge in [-0.3, -0.25) is 0 Å². The van der Waals surface area contributed by atoms with Crippen molar-refractivity contribution in [3.05, 3.63) is 19.1 Å². The Kier molecular flexibility index (Phi) is 16.3. The number of hydrogen-bond donors (Lipinski definition) is 0. The molecule has 0 fully saturated rings. The summed E-state index contributed by atoms with van der Waals surface area (Å²) in [5, 5.41) is 0. The number of hydrogen-bond acceptors (Lipinski definition) is 0. The van der Waals surface area contributed by atoms with Crippen molar-refractivity contribution < 1.29 is 32.7 Å². The zero-order valence-electron chi connectivity index (χ0n) is 3.44. The Hall–Kier alpha value is 0.714. The van der Waals surface area contributed by atoms with Crippen molar-refractivity contribution >= 4 is 0 Å². The van der Waals surface area contributed by atoms with Crippen LogP contribution in [0.5, 0.6) is 0 Å². The minimum atomic E-state index is 0. The summed E-state index contributed by atoms with van der Waals surface area (Å²) in [6.07, 6.45) is 3.64. The summed E-state index contributed by atoms with van der Waals surface area (Å²) < 4.78 is 0. The van der Waals surface area contributed by atoms with E-state index in [2.05, 4.69) is 6.92 Å². The molecule has 0 nitrogen and oxygen atoms in total. The standard InChI is InChI=1S/C4H7.Y/c1-3-4-2;/h3-4H,1H2,2H3;/q-1;/b4-3+;. The van der Waals surface area contributed by atoms with Gasteiger partial charge in [-0.15, -0.1) is 6.92 Å². The molecule has 0 atom stereocenters. The molecule has 0 bridgehead atoms. The van der Waals surface area contributed by atoms with Crippen LogP contribution in [0.15, 0.2) is 12.2 Å². The Labute approximate surface area is 58.5 Å². The van der Waals surface area contributed by atoms with Gasteiger partial charge in [0.15, 0.2) is 0 Å². The van der Waals surface area contributed by atoms with Crippen molar-refractivity contribution in [3.8, 4) is 0 Å². The van der Waals surface area contributed by atoms with Crippen LogP contribution in [0.2, 0.25) is 0 Å². The van der Waals surface area contributed by atoms with Crippen LogP contribution in [0, 0.1) is 6.92 Å². The molecule has 0 aromatic carbocycles. The Bertz CT molecular complexity index is 18.8. The van der Waals surface area contributed by atoms with Gasteiger partial charge in [0.2, 0.25) is 0 Å². The maximum Gasteiger partial charge on any atom is 0 e. The first-order valence-electron chi connectivity index (χ1n) is 1.32. The van der Waals surface area contributed by atoms with Crippen LogP contribution in [0.1, 0.15) is 6.92 Å². The van der Waals surface area contributed by atoms with Gasteiger partial charge in [-0.05, 0) is 0 Å². The van der Waals surface area contributed by atoms with Crippen LogP contribution in [-0.4, -0.2) is 0 Å². The summed E-state index contributed by atoms with van der Waals surface area (Å²) in [6, 6.07) is 0. The number of allylic oxidation sites excluding steroid dienone is 2. The second-order valence-corrected chi connectivity index (χ2v) is 0.569. The molecular formula is C4H7Y-. The van der Waals surface area contributed by atoms with E-state index in [1.165, 1.54) is 0 Å². The van der Waals surface area contributed by atoms with Crippen LogP contribution in [0.3, 0.4) is 0 Å². The van der Waals surface area contributed by atoms with Gasteiger partial charge in [-0.1, -0.05) is 0 Å². The van der Waals surface area contributed by atoms with Gasteiger partial charge in [0.25, 0.3) is 0 Å². The van der Waals surface area contributed by atoms with E-state index in [0.717, 1.165) is 0 Å². The molecule has 0 saturated carbocycles. The van der Waals surface area contributed by atoms with Crippen molar-refractivity contribution in [3.63, 3.8) is 0 Å². The van der Waals surface area contributed by atoms with Crippen LogP contribution >= 0.6 is 0 Å². The molecule has 5 heavy (non-hydrogen) atoms. The second-order valence-electron chi connectivity index (χ2n) is 0.569. The topological polar surface area (TPSA) is 0 Å². The third-order valence-electron chi connectivity index (χ3n) is 0.236. The maximum atomic E-state index is 3.42. The molecule has 0 aliphatic carbocycles. The molecule has 1 heteroatoms. The Morgan fingerprint density at radius 3 is 1.80 bits per heavy atom. The minimum absolute atomic E-state index is 0. The molecular weight excluding hydrogens is 137 g/mol. The van der Waals surface area contributed by atoms with Gasteiger partial charge in [0.1, 0.15) is 0 Å². The average Bonchev–Trinajstić information content (AvgIpc) is 1.37. The monoisotopic (exact) mass is 144 g/mol. The Morgan fingerprint density at radius 1 is 1.60 bits per heavy atom. The van der Waals surface area contributed by atoms with E-state index in [-0.39, 0.29) is 32.7 Å². The fourth-order valence-electron chi connectivity index (χ4n) is 0. The van der Waals surface area contributed by atoms with Crippen LogP contribution in [0.25, 0.3) is 0 Å². The van der Waals surface area contributed by atoms with Crippen molar-refractivity contribution in [2.45, 2.75) is 6.92 Å². The van der Waals surface area contributed by atoms with Gasteiger partial charge in [0.05, 0.1) is 0 Å². The molecule has 0 heterocycles. The normalized spacial score (nSPS) is 7.40. The predicted molar refractivity (Wildman–Crippen MR) is 20.2 cm³/mol. The van der Waals surface area contributed by atoms with Gasteiger partial charge in [0, 0.05) is 32.7 Å². The molecule has 0 aromatic heterocycles. The van der Waals surface area contributed by atoms with E-state index in [9.17, 15) is 0 Å². The molecule has 1 radical (unpaired) electrons. The summed E-state index contributed by atoms with van der Waals surface area (Å²) in [5.74, 6) is 0. The molecule has 0 saturated heterocycles. The molecule has 0 aliphatic heterocycles. The largest absolute Gasteiger partial charge is 0.245 e. The van der Waals surface area contributed by atoms with E-state index in [1.807, 2.05) is 13.0 Å². The van der Waals surface area contributed by atoms with Gasteiger partial charge in [-0.25, -0.2) is 19.1 Å². The molecule has 0 spiro atoms. The van der Waals surface area contributed by atoms with Crippen LogP contribution in [0.4, 0.5) is 0 Å². The van der Waals surface area contributed by atoms with Gasteiger partial charge in [-0.2, -0.15) is 0 Å². The van der Waals surface area contributed by atoms with E-state index in [4.69, 9.17) is 0 Å². The molecule has 0 unspecified atom stereocenters. The van der Waals surface area contributed by atoms with E-state index < -0.39 is 0 Å². The zero-order chi connectivity index (χ0) is 3.41. The third-order valence-corrected chi connectivity index (χ3v) is 0.236. The third kappa shape index (κ3) is 11.8. The van der Waals surface area contributed by atoms with Crippen molar-refractivity contribution in [1.82, 2.24) is 0 Å². The summed E-state index contributed by atoms with van der Waals surface area (Å²) in [7, 11) is 0. The first-order chi connectivity index (χ1) is 1.91. The molecule has 0 aromatic rings. The fourth-order valence-corrected chi connectivity index (χ4v) is 0. The smallest absolute Gasteiger partial charge is 0 e. The van der Waals surface area contributed by atoms with Crippen molar-refractivity contribution in [2.24, 2.45) is 0 Å². The quantitative estimate of drug-likeness (QED) is 0.450. The molecule has 0 N–H and O–H groups in total. The predicted octanol–water partition coefficient (Wildman–Crippen LogP) is 1.39. The first-order valence-corrected chi connectivity index (χ1v) is 1.32. The molecule has 27 valence electrons. The summed E-state index contributed by atoms with van der Waals surface area (Å²) in [4.78, 5) is 0. The molecule has 0 amide bonds. The number of rotatable bonds is 0. The maximum absolute atomic E-state index is 3.42. The van der Waals surface area contributed by atoms with Crippen molar-refractivity contribution in [1.29, 1.82) is 0 Å². The van der Waals surface area contributed by atoms with E-state index in [0.29, 0.717) is 0 Å². The van der Waals surface area contributed by atoms with E-state index in [1.54, 1.807) is 6.08 Å². The van der Waals surface area contributed by atoms with Crippen LogP contribution in [-0.2, 0) is 32.7 Å². The van der Waals surface area contributed by atoms with E-state index >= 15 is 0 Å². The summed E-state index contributed by atoms with van der Waals surface area (Å²) >= 11 is 0. The first kappa shape index (κ1) is 9.21. The average molecular weight is 144 g/mol. The Morgan fingerprint density at radius 2 is 1.80 bits per heavy atom. The fraction of sp³-hybridized carbons (Fsp3) is 0.250. The second kappa shape index (κ2) is 8.83.